The standard InChI is InChI=1S/C17H30N2O2/c1-6-8-20-9-10-21-16-12-14(11-15(7-2)19-16)13-18-17(3,4)5/h11-12,18H,6-10,13H2,1-5H3. The molecule has 4 nitrogen and oxygen atoms in total. The molecule has 1 rings (SSSR count). The minimum Gasteiger partial charge on any atom is -0.475 e. The molecule has 120 valence electrons. The van der Waals surface area contributed by atoms with E-state index in [4.69, 9.17) is 9.47 Å². The van der Waals surface area contributed by atoms with Crippen molar-refractivity contribution < 1.29 is 9.47 Å². The first-order valence-corrected chi connectivity index (χ1v) is 7.90. The van der Waals surface area contributed by atoms with Crippen molar-refractivity contribution in [3.63, 3.8) is 0 Å². The van der Waals surface area contributed by atoms with E-state index in [0.29, 0.717) is 19.1 Å². The van der Waals surface area contributed by atoms with Gasteiger partial charge < -0.3 is 14.8 Å². The smallest absolute Gasteiger partial charge is 0.213 e. The minimum absolute atomic E-state index is 0.102. The number of nitrogens with zero attached hydrogens (tertiary/aromatic N) is 1. The van der Waals surface area contributed by atoms with Crippen LogP contribution in [0.25, 0.3) is 0 Å². The summed E-state index contributed by atoms with van der Waals surface area (Å²) in [6.45, 7) is 13.5. The Kier molecular flexibility index (Phi) is 7.68. The number of aromatic nitrogens is 1. The van der Waals surface area contributed by atoms with Gasteiger partial charge in [0.15, 0.2) is 0 Å². The van der Waals surface area contributed by atoms with Crippen molar-refractivity contribution in [2.45, 2.75) is 59.5 Å². The van der Waals surface area contributed by atoms with Crippen molar-refractivity contribution in [3.8, 4) is 5.88 Å². The molecule has 1 aromatic rings. The third-order valence-corrected chi connectivity index (χ3v) is 2.93. The number of hydrogen-bond donors (Lipinski definition) is 1. The summed E-state index contributed by atoms with van der Waals surface area (Å²) >= 11 is 0. The van der Waals surface area contributed by atoms with E-state index in [1.807, 2.05) is 6.07 Å². The van der Waals surface area contributed by atoms with E-state index in [-0.39, 0.29) is 5.54 Å². The minimum atomic E-state index is 0.102. The Bertz CT molecular complexity index is 414. The predicted octanol–water partition coefficient (Wildman–Crippen LogP) is 3.34. The quantitative estimate of drug-likeness (QED) is 0.709. The van der Waals surface area contributed by atoms with E-state index in [9.17, 15) is 0 Å². The van der Waals surface area contributed by atoms with Gasteiger partial charge in [0.2, 0.25) is 5.88 Å². The molecular formula is C17H30N2O2. The van der Waals surface area contributed by atoms with Crippen LogP contribution in [0.4, 0.5) is 0 Å². The zero-order valence-corrected chi connectivity index (χ0v) is 14.2. The number of rotatable bonds is 9. The van der Waals surface area contributed by atoms with Gasteiger partial charge in [-0.2, -0.15) is 0 Å². The van der Waals surface area contributed by atoms with Gasteiger partial charge >= 0.3 is 0 Å². The molecule has 0 aliphatic carbocycles. The van der Waals surface area contributed by atoms with Crippen molar-refractivity contribution in [2.75, 3.05) is 19.8 Å². The number of nitrogens with one attached hydrogen (secondary N) is 1. The Morgan fingerprint density at radius 3 is 2.48 bits per heavy atom. The highest BCUT2D eigenvalue weighted by atomic mass is 16.5. The fraction of sp³-hybridized carbons (Fsp3) is 0.706. The SMILES string of the molecule is CCCOCCOc1cc(CNC(C)(C)C)cc(CC)n1. The number of aryl methyl sites for hydroxylation is 1. The molecule has 0 aromatic carbocycles. The Balaban J connectivity index is 2.58. The lowest BCUT2D eigenvalue weighted by atomic mass is 10.1. The summed E-state index contributed by atoms with van der Waals surface area (Å²) in [5.74, 6) is 0.695. The molecule has 0 amide bonds. The third-order valence-electron chi connectivity index (χ3n) is 2.93. The lowest BCUT2D eigenvalue weighted by Crippen LogP contribution is -2.35. The maximum Gasteiger partial charge on any atom is 0.213 e. The summed E-state index contributed by atoms with van der Waals surface area (Å²) in [5, 5.41) is 3.49. The Morgan fingerprint density at radius 1 is 1.10 bits per heavy atom. The summed E-state index contributed by atoms with van der Waals surface area (Å²) in [5.41, 5.74) is 2.37. The van der Waals surface area contributed by atoms with E-state index in [1.165, 1.54) is 5.56 Å². The van der Waals surface area contributed by atoms with Gasteiger partial charge in [0.25, 0.3) is 0 Å². The zero-order valence-electron chi connectivity index (χ0n) is 14.2. The second-order valence-electron chi connectivity index (χ2n) is 6.22. The second kappa shape index (κ2) is 9.00. The van der Waals surface area contributed by atoms with Crippen molar-refractivity contribution in [3.05, 3.63) is 23.4 Å². The van der Waals surface area contributed by atoms with Gasteiger partial charge in [-0.3, -0.25) is 0 Å². The Hall–Kier alpha value is -1.13. The van der Waals surface area contributed by atoms with Crippen LogP contribution >= 0.6 is 0 Å². The molecule has 0 bridgehead atoms. The van der Waals surface area contributed by atoms with Crippen molar-refractivity contribution in [1.29, 1.82) is 0 Å². The third kappa shape index (κ3) is 8.02. The highest BCUT2D eigenvalue weighted by Gasteiger charge is 2.10. The number of ether oxygens (including phenoxy) is 2. The lowest BCUT2D eigenvalue weighted by Gasteiger charge is -2.21. The van der Waals surface area contributed by atoms with Crippen molar-refractivity contribution in [2.24, 2.45) is 0 Å². The van der Waals surface area contributed by atoms with Gasteiger partial charge in [-0.15, -0.1) is 0 Å². The molecule has 0 saturated carbocycles. The van der Waals surface area contributed by atoms with E-state index in [1.54, 1.807) is 0 Å². The van der Waals surface area contributed by atoms with Crippen LogP contribution in [0.5, 0.6) is 5.88 Å². The number of pyridine rings is 1. The molecule has 1 N–H and O–H groups in total. The average Bonchev–Trinajstić information content (AvgIpc) is 2.44. The van der Waals surface area contributed by atoms with Gasteiger partial charge in [0, 0.05) is 30.5 Å². The molecule has 21 heavy (non-hydrogen) atoms. The van der Waals surface area contributed by atoms with Gasteiger partial charge in [-0.1, -0.05) is 13.8 Å². The maximum absolute atomic E-state index is 5.70. The normalized spacial score (nSPS) is 11.7. The highest BCUT2D eigenvalue weighted by Crippen LogP contribution is 2.14. The first-order valence-electron chi connectivity index (χ1n) is 7.90. The van der Waals surface area contributed by atoms with Gasteiger partial charge in [0.1, 0.15) is 6.61 Å². The summed E-state index contributed by atoms with van der Waals surface area (Å²) in [6.07, 6.45) is 1.94. The lowest BCUT2D eigenvalue weighted by molar-refractivity contribution is 0.0989. The number of hydrogen-bond acceptors (Lipinski definition) is 4. The average molecular weight is 294 g/mol. The molecule has 4 heteroatoms. The van der Waals surface area contributed by atoms with Crippen LogP contribution in [0.3, 0.4) is 0 Å². The summed E-state index contributed by atoms with van der Waals surface area (Å²) < 4.78 is 11.1. The van der Waals surface area contributed by atoms with Crippen LogP contribution < -0.4 is 10.1 Å². The van der Waals surface area contributed by atoms with Crippen LogP contribution in [0.1, 0.15) is 52.3 Å². The Morgan fingerprint density at radius 2 is 1.86 bits per heavy atom. The molecule has 0 saturated heterocycles. The molecule has 0 aliphatic rings. The first-order chi connectivity index (χ1) is 9.94. The van der Waals surface area contributed by atoms with E-state index in [0.717, 1.165) is 31.7 Å². The molecule has 0 aliphatic heterocycles. The molecule has 1 aromatic heterocycles. The van der Waals surface area contributed by atoms with Crippen molar-refractivity contribution >= 4 is 0 Å². The molecule has 0 spiro atoms. The van der Waals surface area contributed by atoms with Crippen LogP contribution in [0.15, 0.2) is 12.1 Å². The van der Waals surface area contributed by atoms with E-state index < -0.39 is 0 Å². The van der Waals surface area contributed by atoms with E-state index in [2.05, 4.69) is 51.0 Å². The van der Waals surface area contributed by atoms with E-state index >= 15 is 0 Å². The van der Waals surface area contributed by atoms with Crippen LogP contribution in [-0.4, -0.2) is 30.3 Å². The van der Waals surface area contributed by atoms with Crippen LogP contribution in [0, 0.1) is 0 Å². The molecule has 0 radical (unpaired) electrons. The Labute approximate surface area is 129 Å². The zero-order chi connectivity index (χ0) is 15.7. The summed E-state index contributed by atoms with van der Waals surface area (Å²) in [6, 6.07) is 4.15. The second-order valence-corrected chi connectivity index (χ2v) is 6.22. The fourth-order valence-electron chi connectivity index (χ4n) is 1.80. The van der Waals surface area contributed by atoms with Crippen LogP contribution in [-0.2, 0) is 17.7 Å². The van der Waals surface area contributed by atoms with Crippen LogP contribution in [0.2, 0.25) is 0 Å². The topological polar surface area (TPSA) is 43.4 Å². The predicted molar refractivity (Wildman–Crippen MR) is 86.8 cm³/mol. The molecule has 0 unspecified atom stereocenters. The summed E-state index contributed by atoms with van der Waals surface area (Å²) in [7, 11) is 0. The first kappa shape index (κ1) is 17.9. The molecular weight excluding hydrogens is 264 g/mol. The molecule has 0 fully saturated rings. The van der Waals surface area contributed by atoms with Gasteiger partial charge in [0.05, 0.1) is 6.61 Å². The van der Waals surface area contributed by atoms with Gasteiger partial charge in [-0.25, -0.2) is 4.98 Å². The maximum atomic E-state index is 5.70. The fourth-order valence-corrected chi connectivity index (χ4v) is 1.80. The monoisotopic (exact) mass is 294 g/mol. The van der Waals surface area contributed by atoms with Crippen molar-refractivity contribution in [1.82, 2.24) is 10.3 Å². The highest BCUT2D eigenvalue weighted by molar-refractivity contribution is 5.25. The largest absolute Gasteiger partial charge is 0.475 e. The molecule has 0 atom stereocenters. The molecule has 1 heterocycles. The summed E-state index contributed by atoms with van der Waals surface area (Å²) in [4.78, 5) is 4.51. The van der Waals surface area contributed by atoms with Gasteiger partial charge in [-0.05, 0) is 45.2 Å².